The summed E-state index contributed by atoms with van der Waals surface area (Å²) in [7, 11) is 0. The topological polar surface area (TPSA) is 57.8 Å². The van der Waals surface area contributed by atoms with Gasteiger partial charge in [-0.2, -0.15) is 0 Å². The van der Waals surface area contributed by atoms with Gasteiger partial charge < -0.3 is 10.3 Å². The Kier molecular flexibility index (Phi) is 4.63. The molecule has 1 aliphatic rings. The van der Waals surface area contributed by atoms with Gasteiger partial charge in [-0.15, -0.1) is 11.3 Å². The van der Waals surface area contributed by atoms with E-state index in [1.807, 2.05) is 24.3 Å². The van der Waals surface area contributed by atoms with Crippen LogP contribution in [0.15, 0.2) is 29.1 Å². The van der Waals surface area contributed by atoms with Gasteiger partial charge >= 0.3 is 0 Å². The Bertz CT molecular complexity index is 978. The molecule has 4 rings (SSSR count). The van der Waals surface area contributed by atoms with Crippen molar-refractivity contribution in [1.29, 1.82) is 0 Å². The minimum Gasteiger partial charge on any atom is -0.309 e. The molecule has 2 N–H and O–H groups in total. The first kappa shape index (κ1) is 16.8. The molecule has 2 aromatic heterocycles. The number of H-pyrrole nitrogens is 1. The molecule has 0 spiro atoms. The molecule has 0 bridgehead atoms. The minimum absolute atomic E-state index is 0.00314. The van der Waals surface area contributed by atoms with Crippen LogP contribution in [0.25, 0.3) is 10.2 Å². The average molecular weight is 374 g/mol. The van der Waals surface area contributed by atoms with Gasteiger partial charge in [0, 0.05) is 15.9 Å². The third kappa shape index (κ3) is 3.36. The normalized spacial score (nSPS) is 15.3. The molecular weight excluding hydrogens is 354 g/mol. The number of fused-ring (bicyclic) bond motifs is 3. The van der Waals surface area contributed by atoms with Gasteiger partial charge in [-0.3, -0.25) is 4.79 Å². The van der Waals surface area contributed by atoms with E-state index in [0.717, 1.165) is 33.6 Å². The lowest BCUT2D eigenvalue weighted by molar-refractivity contribution is 0.559. The summed E-state index contributed by atoms with van der Waals surface area (Å²) >= 11 is 7.74. The number of aromatic nitrogens is 2. The molecule has 2 heterocycles. The van der Waals surface area contributed by atoms with Crippen molar-refractivity contribution in [2.75, 3.05) is 0 Å². The summed E-state index contributed by atoms with van der Waals surface area (Å²) in [5.41, 5.74) is 2.34. The van der Waals surface area contributed by atoms with E-state index in [1.165, 1.54) is 23.3 Å². The monoisotopic (exact) mass is 373 g/mol. The molecule has 3 aromatic rings. The fraction of sp³-hybridized carbons (Fsp3) is 0.368. The van der Waals surface area contributed by atoms with E-state index in [4.69, 9.17) is 16.6 Å². The van der Waals surface area contributed by atoms with Crippen LogP contribution in [0.5, 0.6) is 0 Å². The molecule has 1 aromatic carbocycles. The molecule has 0 saturated heterocycles. The van der Waals surface area contributed by atoms with E-state index in [9.17, 15) is 4.79 Å². The van der Waals surface area contributed by atoms with Crippen LogP contribution in [0.2, 0.25) is 5.02 Å². The molecular formula is C19H20ClN3OS. The van der Waals surface area contributed by atoms with Gasteiger partial charge in [0.05, 0.1) is 11.9 Å². The lowest BCUT2D eigenvalue weighted by atomic mass is 9.97. The van der Waals surface area contributed by atoms with Crippen molar-refractivity contribution < 1.29 is 0 Å². The molecule has 0 saturated carbocycles. The maximum absolute atomic E-state index is 12.6. The summed E-state index contributed by atoms with van der Waals surface area (Å²) in [6, 6.07) is 7.92. The van der Waals surface area contributed by atoms with Crippen LogP contribution in [-0.4, -0.2) is 9.97 Å². The molecule has 0 radical (unpaired) electrons. The predicted octanol–water partition coefficient (Wildman–Crippen LogP) is 4.37. The Morgan fingerprint density at radius 2 is 2.20 bits per heavy atom. The van der Waals surface area contributed by atoms with Gasteiger partial charge in [0.1, 0.15) is 10.7 Å². The van der Waals surface area contributed by atoms with Crippen LogP contribution in [0.3, 0.4) is 0 Å². The second-order valence-electron chi connectivity index (χ2n) is 6.56. The lowest BCUT2D eigenvalue weighted by Crippen LogP contribution is -2.22. The molecule has 0 unspecified atom stereocenters. The van der Waals surface area contributed by atoms with Crippen molar-refractivity contribution >= 4 is 33.2 Å². The minimum atomic E-state index is -0.00314. The number of aromatic amines is 1. The van der Waals surface area contributed by atoms with E-state index < -0.39 is 0 Å². The molecule has 0 aliphatic heterocycles. The highest BCUT2D eigenvalue weighted by Gasteiger charge is 2.19. The van der Waals surface area contributed by atoms with Gasteiger partial charge in [-0.25, -0.2) is 4.98 Å². The highest BCUT2D eigenvalue weighted by molar-refractivity contribution is 7.18. The third-order valence-electron chi connectivity index (χ3n) is 4.80. The van der Waals surface area contributed by atoms with Crippen LogP contribution < -0.4 is 10.9 Å². The summed E-state index contributed by atoms with van der Waals surface area (Å²) in [5, 5.41) is 4.95. The molecule has 4 nitrogen and oxygen atoms in total. The standard InChI is InChI=1S/C19H20ClN3OS/c1-11(12-5-4-6-13(20)9-12)21-10-16-22-18(24)17-14-7-2-3-8-15(14)25-19(17)23-16/h4-6,9,11,21H,2-3,7-8,10H2,1H3,(H,22,23,24)/t11-/m1/s1. The first-order valence-corrected chi connectivity index (χ1v) is 9.83. The molecule has 1 atom stereocenters. The molecule has 0 fully saturated rings. The summed E-state index contributed by atoms with van der Waals surface area (Å²) in [4.78, 5) is 22.4. The molecule has 6 heteroatoms. The zero-order valence-corrected chi connectivity index (χ0v) is 15.6. The van der Waals surface area contributed by atoms with Crippen LogP contribution in [0, 0.1) is 0 Å². The first-order valence-electron chi connectivity index (χ1n) is 8.64. The van der Waals surface area contributed by atoms with E-state index in [1.54, 1.807) is 11.3 Å². The fourth-order valence-corrected chi connectivity index (χ4v) is 4.92. The zero-order chi connectivity index (χ0) is 17.4. The number of nitrogens with one attached hydrogen (secondary N) is 2. The van der Waals surface area contributed by atoms with Crippen LogP contribution in [0.4, 0.5) is 0 Å². The second kappa shape index (κ2) is 6.90. The van der Waals surface area contributed by atoms with Crippen LogP contribution >= 0.6 is 22.9 Å². The van der Waals surface area contributed by atoms with E-state index in [-0.39, 0.29) is 11.6 Å². The summed E-state index contributed by atoms with van der Waals surface area (Å²) in [6.45, 7) is 2.59. The number of benzene rings is 1. The van der Waals surface area contributed by atoms with Crippen molar-refractivity contribution in [3.05, 3.63) is 61.5 Å². The van der Waals surface area contributed by atoms with Crippen molar-refractivity contribution in [2.45, 2.75) is 45.2 Å². The predicted molar refractivity (Wildman–Crippen MR) is 104 cm³/mol. The third-order valence-corrected chi connectivity index (χ3v) is 6.22. The number of thiophene rings is 1. The summed E-state index contributed by atoms with van der Waals surface area (Å²) in [6.07, 6.45) is 4.46. The van der Waals surface area contributed by atoms with Gasteiger partial charge in [0.15, 0.2) is 0 Å². The number of hydrogen-bond donors (Lipinski definition) is 2. The van der Waals surface area contributed by atoms with E-state index in [0.29, 0.717) is 12.4 Å². The van der Waals surface area contributed by atoms with Crippen molar-refractivity contribution in [2.24, 2.45) is 0 Å². The highest BCUT2D eigenvalue weighted by Crippen LogP contribution is 2.33. The van der Waals surface area contributed by atoms with Crippen LogP contribution in [-0.2, 0) is 19.4 Å². The Morgan fingerprint density at radius 3 is 3.04 bits per heavy atom. The van der Waals surface area contributed by atoms with Crippen LogP contribution in [0.1, 0.15) is 47.6 Å². The molecule has 130 valence electrons. The number of nitrogens with zero attached hydrogens (tertiary/aromatic N) is 1. The number of rotatable bonds is 4. The molecule has 0 amide bonds. The second-order valence-corrected chi connectivity index (χ2v) is 8.08. The van der Waals surface area contributed by atoms with Crippen molar-refractivity contribution in [3.63, 3.8) is 0 Å². The van der Waals surface area contributed by atoms with Gasteiger partial charge in [-0.1, -0.05) is 23.7 Å². The van der Waals surface area contributed by atoms with Gasteiger partial charge in [0.25, 0.3) is 5.56 Å². The quantitative estimate of drug-likeness (QED) is 0.714. The number of hydrogen-bond acceptors (Lipinski definition) is 4. The van der Waals surface area contributed by atoms with Crippen molar-refractivity contribution in [1.82, 2.24) is 15.3 Å². The maximum atomic E-state index is 12.6. The molecule has 25 heavy (non-hydrogen) atoms. The first-order chi connectivity index (χ1) is 12.1. The smallest absolute Gasteiger partial charge is 0.259 e. The van der Waals surface area contributed by atoms with Gasteiger partial charge in [-0.05, 0) is 55.9 Å². The van der Waals surface area contributed by atoms with E-state index >= 15 is 0 Å². The Labute approximate surface area is 155 Å². The Morgan fingerprint density at radius 1 is 1.36 bits per heavy atom. The summed E-state index contributed by atoms with van der Waals surface area (Å²) in [5.74, 6) is 0.685. The SMILES string of the molecule is C[C@@H](NCc1nc2sc3c(c2c(=O)[nH]1)CCCC3)c1cccc(Cl)c1. The maximum Gasteiger partial charge on any atom is 0.259 e. The van der Waals surface area contributed by atoms with Gasteiger partial charge in [0.2, 0.25) is 0 Å². The Hall–Kier alpha value is -1.69. The number of aryl methyl sites for hydroxylation is 2. The zero-order valence-electron chi connectivity index (χ0n) is 14.1. The summed E-state index contributed by atoms with van der Waals surface area (Å²) < 4.78 is 0. The highest BCUT2D eigenvalue weighted by atomic mass is 35.5. The number of halogens is 1. The lowest BCUT2D eigenvalue weighted by Gasteiger charge is -2.14. The fourth-order valence-electron chi connectivity index (χ4n) is 3.44. The van der Waals surface area contributed by atoms with E-state index in [2.05, 4.69) is 17.2 Å². The molecule has 1 aliphatic carbocycles. The largest absolute Gasteiger partial charge is 0.309 e. The Balaban J connectivity index is 1.57. The van der Waals surface area contributed by atoms with Crippen molar-refractivity contribution in [3.8, 4) is 0 Å². The average Bonchev–Trinajstić information content (AvgIpc) is 2.98.